The molecule has 2 aromatic heterocycles. The van der Waals surface area contributed by atoms with Crippen molar-refractivity contribution < 1.29 is 4.79 Å². The Kier molecular flexibility index (Phi) is 3.59. The van der Waals surface area contributed by atoms with E-state index in [1.54, 1.807) is 12.3 Å². The van der Waals surface area contributed by atoms with Gasteiger partial charge in [-0.25, -0.2) is 0 Å². The molecule has 23 heavy (non-hydrogen) atoms. The van der Waals surface area contributed by atoms with Crippen molar-refractivity contribution in [1.82, 2.24) is 24.6 Å². The number of hydrogen-bond acceptors (Lipinski definition) is 4. The lowest BCUT2D eigenvalue weighted by Crippen LogP contribution is -2.39. The first-order valence-electron chi connectivity index (χ1n) is 8.33. The second kappa shape index (κ2) is 5.76. The molecule has 0 spiro atoms. The van der Waals surface area contributed by atoms with Gasteiger partial charge in [-0.1, -0.05) is 0 Å². The lowest BCUT2D eigenvalue weighted by Gasteiger charge is -2.32. The van der Waals surface area contributed by atoms with Gasteiger partial charge in [0.05, 0.1) is 0 Å². The summed E-state index contributed by atoms with van der Waals surface area (Å²) in [6, 6.07) is 4.23. The maximum absolute atomic E-state index is 12.8. The van der Waals surface area contributed by atoms with Gasteiger partial charge in [-0.3, -0.25) is 9.78 Å². The zero-order chi connectivity index (χ0) is 15.8. The van der Waals surface area contributed by atoms with E-state index in [9.17, 15) is 4.79 Å². The number of carbonyl (C=O) groups excluding carboxylic acids is 1. The Morgan fingerprint density at radius 2 is 2.17 bits per heavy atom. The molecule has 0 N–H and O–H groups in total. The molecule has 1 aliphatic carbocycles. The van der Waals surface area contributed by atoms with Crippen LogP contribution in [-0.4, -0.2) is 43.6 Å². The highest BCUT2D eigenvalue weighted by Gasteiger charge is 2.32. The van der Waals surface area contributed by atoms with Crippen molar-refractivity contribution in [3.8, 4) is 0 Å². The third kappa shape index (κ3) is 2.85. The zero-order valence-corrected chi connectivity index (χ0v) is 13.4. The summed E-state index contributed by atoms with van der Waals surface area (Å²) < 4.78 is 2.22. The third-order valence-electron chi connectivity index (χ3n) is 4.76. The monoisotopic (exact) mass is 311 g/mol. The molecule has 0 radical (unpaired) electrons. The van der Waals surface area contributed by atoms with Crippen molar-refractivity contribution in [3.63, 3.8) is 0 Å². The van der Waals surface area contributed by atoms with E-state index in [0.717, 1.165) is 43.0 Å². The Hall–Kier alpha value is -2.24. The summed E-state index contributed by atoms with van der Waals surface area (Å²) in [7, 11) is 0. The predicted octanol–water partition coefficient (Wildman–Crippen LogP) is 2.34. The fraction of sp³-hybridized carbons (Fsp3) is 0.529. The number of aromatic nitrogens is 4. The van der Waals surface area contributed by atoms with Crippen molar-refractivity contribution in [2.45, 2.75) is 44.6 Å². The van der Waals surface area contributed by atoms with Crippen LogP contribution < -0.4 is 0 Å². The quantitative estimate of drug-likeness (QED) is 0.873. The summed E-state index contributed by atoms with van der Waals surface area (Å²) in [5.41, 5.74) is 1.60. The Morgan fingerprint density at radius 1 is 1.30 bits per heavy atom. The SMILES string of the molecule is Cc1cc(C(=O)N2CCCC(c3nncn3C3CC3)C2)ccn1. The largest absolute Gasteiger partial charge is 0.338 e. The highest BCUT2D eigenvalue weighted by atomic mass is 16.2. The molecule has 1 aliphatic heterocycles. The first kappa shape index (κ1) is 14.4. The number of rotatable bonds is 3. The Balaban J connectivity index is 1.52. The normalized spacial score (nSPS) is 21.4. The van der Waals surface area contributed by atoms with Gasteiger partial charge in [0.15, 0.2) is 0 Å². The van der Waals surface area contributed by atoms with Gasteiger partial charge in [-0.15, -0.1) is 10.2 Å². The number of likely N-dealkylation sites (tertiary alicyclic amines) is 1. The van der Waals surface area contributed by atoms with Crippen LogP contribution in [-0.2, 0) is 0 Å². The van der Waals surface area contributed by atoms with Crippen LogP contribution in [0.1, 0.15) is 59.5 Å². The molecule has 2 fully saturated rings. The van der Waals surface area contributed by atoms with Gasteiger partial charge in [0.25, 0.3) is 5.91 Å². The minimum absolute atomic E-state index is 0.0951. The van der Waals surface area contributed by atoms with E-state index < -0.39 is 0 Å². The molecule has 1 unspecified atom stereocenters. The van der Waals surface area contributed by atoms with E-state index in [1.807, 2.05) is 24.2 Å². The summed E-state index contributed by atoms with van der Waals surface area (Å²) in [4.78, 5) is 18.9. The molecule has 0 bridgehead atoms. The van der Waals surface area contributed by atoms with Crippen molar-refractivity contribution in [1.29, 1.82) is 0 Å². The fourth-order valence-electron chi connectivity index (χ4n) is 3.41. The summed E-state index contributed by atoms with van der Waals surface area (Å²) in [6.45, 7) is 3.45. The molecule has 6 heteroatoms. The average molecular weight is 311 g/mol. The van der Waals surface area contributed by atoms with Gasteiger partial charge >= 0.3 is 0 Å². The molecule has 2 aromatic rings. The predicted molar refractivity (Wildman–Crippen MR) is 85.1 cm³/mol. The number of amides is 1. The third-order valence-corrected chi connectivity index (χ3v) is 4.76. The smallest absolute Gasteiger partial charge is 0.253 e. The molecule has 4 rings (SSSR count). The lowest BCUT2D eigenvalue weighted by atomic mass is 9.96. The summed E-state index contributed by atoms with van der Waals surface area (Å²) in [6.07, 6.45) is 8.07. The highest BCUT2D eigenvalue weighted by Crippen LogP contribution is 2.38. The Labute approximate surface area is 135 Å². The molecular weight excluding hydrogens is 290 g/mol. The molecular formula is C17H21N5O. The zero-order valence-electron chi connectivity index (χ0n) is 13.4. The van der Waals surface area contributed by atoms with E-state index in [1.165, 1.54) is 12.8 Å². The van der Waals surface area contributed by atoms with Gasteiger partial charge in [0, 0.05) is 42.5 Å². The molecule has 2 aliphatic rings. The highest BCUT2D eigenvalue weighted by molar-refractivity contribution is 5.94. The van der Waals surface area contributed by atoms with Crippen LogP contribution in [0.5, 0.6) is 0 Å². The summed E-state index contributed by atoms with van der Waals surface area (Å²) >= 11 is 0. The first-order chi connectivity index (χ1) is 11.2. The minimum Gasteiger partial charge on any atom is -0.338 e. The topological polar surface area (TPSA) is 63.9 Å². The standard InChI is InChI=1S/C17H21N5O/c1-12-9-13(6-7-18-12)17(23)21-8-2-3-14(10-21)16-20-19-11-22(16)15-4-5-15/h6-7,9,11,14-15H,2-5,8,10H2,1H3. The molecule has 1 atom stereocenters. The van der Waals surface area contributed by atoms with Gasteiger partial charge < -0.3 is 9.47 Å². The molecule has 1 saturated heterocycles. The molecule has 6 nitrogen and oxygen atoms in total. The van der Waals surface area contributed by atoms with E-state index in [2.05, 4.69) is 19.7 Å². The van der Waals surface area contributed by atoms with E-state index >= 15 is 0 Å². The van der Waals surface area contributed by atoms with Gasteiger partial charge in [-0.05, 0) is 44.7 Å². The van der Waals surface area contributed by atoms with Crippen molar-refractivity contribution >= 4 is 5.91 Å². The van der Waals surface area contributed by atoms with Crippen LogP contribution in [0.15, 0.2) is 24.7 Å². The fourth-order valence-corrected chi connectivity index (χ4v) is 3.41. The number of piperidine rings is 1. The molecule has 1 amide bonds. The van der Waals surface area contributed by atoms with E-state index in [0.29, 0.717) is 12.0 Å². The van der Waals surface area contributed by atoms with Crippen LogP contribution in [0.4, 0.5) is 0 Å². The van der Waals surface area contributed by atoms with Crippen LogP contribution in [0.25, 0.3) is 0 Å². The van der Waals surface area contributed by atoms with Crippen LogP contribution in [0, 0.1) is 6.92 Å². The second-order valence-electron chi connectivity index (χ2n) is 6.60. The molecule has 3 heterocycles. The molecule has 0 aromatic carbocycles. The van der Waals surface area contributed by atoms with E-state index in [-0.39, 0.29) is 5.91 Å². The molecule has 120 valence electrons. The Morgan fingerprint density at radius 3 is 2.96 bits per heavy atom. The van der Waals surface area contributed by atoms with Gasteiger partial charge in [0.2, 0.25) is 0 Å². The maximum atomic E-state index is 12.8. The minimum atomic E-state index is 0.0951. The van der Waals surface area contributed by atoms with Crippen LogP contribution in [0.2, 0.25) is 0 Å². The number of hydrogen-bond donors (Lipinski definition) is 0. The van der Waals surface area contributed by atoms with E-state index in [4.69, 9.17) is 0 Å². The summed E-state index contributed by atoms with van der Waals surface area (Å²) in [5, 5.41) is 8.45. The number of aryl methyl sites for hydroxylation is 1. The van der Waals surface area contributed by atoms with Crippen molar-refractivity contribution in [2.24, 2.45) is 0 Å². The lowest BCUT2D eigenvalue weighted by molar-refractivity contribution is 0.0703. The summed E-state index contributed by atoms with van der Waals surface area (Å²) in [5.74, 6) is 1.44. The molecule has 1 saturated carbocycles. The van der Waals surface area contributed by atoms with Crippen LogP contribution in [0.3, 0.4) is 0 Å². The number of carbonyl (C=O) groups is 1. The van der Waals surface area contributed by atoms with Gasteiger partial charge in [-0.2, -0.15) is 0 Å². The number of nitrogens with zero attached hydrogens (tertiary/aromatic N) is 5. The number of pyridine rings is 1. The second-order valence-corrected chi connectivity index (χ2v) is 6.60. The maximum Gasteiger partial charge on any atom is 0.253 e. The van der Waals surface area contributed by atoms with Crippen molar-refractivity contribution in [3.05, 3.63) is 41.7 Å². The van der Waals surface area contributed by atoms with Crippen LogP contribution >= 0.6 is 0 Å². The van der Waals surface area contributed by atoms with Crippen molar-refractivity contribution in [2.75, 3.05) is 13.1 Å². The first-order valence-corrected chi connectivity index (χ1v) is 8.33. The average Bonchev–Trinajstić information content (AvgIpc) is 3.31. The Bertz CT molecular complexity index is 721. The van der Waals surface area contributed by atoms with Gasteiger partial charge in [0.1, 0.15) is 12.2 Å².